The summed E-state index contributed by atoms with van der Waals surface area (Å²) in [6.07, 6.45) is 1.96. The van der Waals surface area contributed by atoms with E-state index in [4.69, 9.17) is 4.74 Å². The number of carbonyl (C=O) groups excluding carboxylic acids is 3. The van der Waals surface area contributed by atoms with Crippen LogP contribution in [0.4, 0.5) is 5.69 Å². The number of aryl methyl sites for hydroxylation is 1. The standard InChI is InChI=1S/C25H28N4O4S/c1-5-6-14-33-21-13-8-7-11-19(21)15-28-22-16(2)10-9-12-20(22)25(23(28)32)29(18(4)31)27-24(34-25)26-17(3)30/h7-13H,5-6,14-15H2,1-4H3,(H,26,27,30)/t25-/m1/s1. The van der Waals surface area contributed by atoms with Crippen LogP contribution >= 0.6 is 11.8 Å². The summed E-state index contributed by atoms with van der Waals surface area (Å²) in [5, 5.41) is 8.35. The van der Waals surface area contributed by atoms with E-state index in [2.05, 4.69) is 17.3 Å². The zero-order valence-electron chi connectivity index (χ0n) is 19.8. The molecule has 34 heavy (non-hydrogen) atoms. The molecule has 2 aromatic carbocycles. The Hall–Kier alpha value is -3.33. The minimum atomic E-state index is -1.41. The van der Waals surface area contributed by atoms with Gasteiger partial charge in [-0.15, -0.1) is 5.10 Å². The molecule has 1 atom stereocenters. The van der Waals surface area contributed by atoms with E-state index in [0.717, 1.165) is 47.2 Å². The first kappa shape index (κ1) is 23.8. The Morgan fingerprint density at radius 3 is 2.62 bits per heavy atom. The van der Waals surface area contributed by atoms with Crippen molar-refractivity contribution in [3.63, 3.8) is 0 Å². The van der Waals surface area contributed by atoms with E-state index >= 15 is 0 Å². The molecule has 0 radical (unpaired) electrons. The molecular weight excluding hydrogens is 452 g/mol. The molecule has 1 N–H and O–H groups in total. The molecule has 8 nitrogen and oxygen atoms in total. The molecule has 3 amide bonds. The molecule has 0 unspecified atom stereocenters. The molecule has 0 saturated heterocycles. The predicted octanol–water partition coefficient (Wildman–Crippen LogP) is 3.88. The quantitative estimate of drug-likeness (QED) is 0.634. The molecule has 2 aliphatic heterocycles. The second-order valence-electron chi connectivity index (χ2n) is 8.34. The fourth-order valence-corrected chi connectivity index (χ4v) is 5.60. The number of hydrogen-bond donors (Lipinski definition) is 1. The van der Waals surface area contributed by atoms with Crippen molar-refractivity contribution in [2.75, 3.05) is 11.5 Å². The molecule has 9 heteroatoms. The fraction of sp³-hybridized carbons (Fsp3) is 0.360. The topological polar surface area (TPSA) is 91.3 Å². The average molecular weight is 481 g/mol. The van der Waals surface area contributed by atoms with Gasteiger partial charge in [-0.25, -0.2) is 0 Å². The van der Waals surface area contributed by atoms with Crippen molar-refractivity contribution in [2.24, 2.45) is 5.10 Å². The number of para-hydroxylation sites is 2. The lowest BCUT2D eigenvalue weighted by Crippen LogP contribution is -2.48. The number of ether oxygens (including phenoxy) is 1. The number of fused-ring (bicyclic) bond motifs is 2. The first-order chi connectivity index (χ1) is 16.3. The molecule has 4 rings (SSSR count). The highest BCUT2D eigenvalue weighted by molar-refractivity contribution is 8.15. The van der Waals surface area contributed by atoms with Crippen molar-refractivity contribution in [2.45, 2.75) is 52.0 Å². The molecule has 1 spiro atoms. The predicted molar refractivity (Wildman–Crippen MR) is 132 cm³/mol. The van der Waals surface area contributed by atoms with E-state index in [1.807, 2.05) is 49.4 Å². The molecule has 0 aliphatic carbocycles. The highest BCUT2D eigenvalue weighted by Gasteiger charge is 2.61. The maximum atomic E-state index is 14.1. The van der Waals surface area contributed by atoms with Gasteiger partial charge in [0.25, 0.3) is 5.91 Å². The van der Waals surface area contributed by atoms with Gasteiger partial charge in [-0.3, -0.25) is 14.4 Å². The third-order valence-corrected chi connectivity index (χ3v) is 7.02. The second kappa shape index (κ2) is 9.50. The Labute approximate surface area is 203 Å². The summed E-state index contributed by atoms with van der Waals surface area (Å²) < 4.78 is 6.00. The maximum absolute atomic E-state index is 14.1. The van der Waals surface area contributed by atoms with Crippen LogP contribution in [0.25, 0.3) is 0 Å². The van der Waals surface area contributed by atoms with Gasteiger partial charge in [0.1, 0.15) is 5.75 Å². The van der Waals surface area contributed by atoms with Gasteiger partial charge in [0.15, 0.2) is 5.17 Å². The van der Waals surface area contributed by atoms with Crippen LogP contribution in [0.1, 0.15) is 50.3 Å². The number of nitrogens with one attached hydrogen (secondary N) is 1. The Morgan fingerprint density at radius 1 is 1.15 bits per heavy atom. The van der Waals surface area contributed by atoms with E-state index in [9.17, 15) is 14.4 Å². The molecular formula is C25H28N4O4S. The van der Waals surface area contributed by atoms with Crippen LogP contribution in [-0.2, 0) is 25.8 Å². The Balaban J connectivity index is 1.77. The smallest absolute Gasteiger partial charge is 0.271 e. The maximum Gasteiger partial charge on any atom is 0.271 e. The summed E-state index contributed by atoms with van der Waals surface area (Å²) in [6.45, 7) is 7.66. The molecule has 2 heterocycles. The van der Waals surface area contributed by atoms with Gasteiger partial charge >= 0.3 is 0 Å². The van der Waals surface area contributed by atoms with Crippen molar-refractivity contribution >= 4 is 40.3 Å². The number of thioether (sulfide) groups is 1. The van der Waals surface area contributed by atoms with Gasteiger partial charge in [-0.2, -0.15) is 5.01 Å². The van der Waals surface area contributed by atoms with Crippen molar-refractivity contribution < 1.29 is 19.1 Å². The van der Waals surface area contributed by atoms with E-state index < -0.39 is 4.87 Å². The number of hydrazone groups is 1. The third-order valence-electron chi connectivity index (χ3n) is 5.78. The molecule has 0 bridgehead atoms. The first-order valence-corrected chi connectivity index (χ1v) is 12.1. The first-order valence-electron chi connectivity index (χ1n) is 11.3. The molecule has 2 aliphatic rings. The van der Waals surface area contributed by atoms with Gasteiger partial charge in [-0.1, -0.05) is 49.7 Å². The van der Waals surface area contributed by atoms with E-state index in [0.29, 0.717) is 12.2 Å². The summed E-state index contributed by atoms with van der Waals surface area (Å²) in [4.78, 5) is 38.8. The minimum absolute atomic E-state index is 0.216. The van der Waals surface area contributed by atoms with Crippen LogP contribution in [0, 0.1) is 6.92 Å². The van der Waals surface area contributed by atoms with Crippen LogP contribution in [0.5, 0.6) is 5.75 Å². The zero-order valence-corrected chi connectivity index (χ0v) is 20.6. The number of amides is 3. The van der Waals surface area contributed by atoms with Crippen LogP contribution in [0.2, 0.25) is 0 Å². The van der Waals surface area contributed by atoms with Gasteiger partial charge in [-0.05, 0) is 36.7 Å². The number of hydrogen-bond acceptors (Lipinski definition) is 6. The molecule has 0 aromatic heterocycles. The van der Waals surface area contributed by atoms with E-state index in [1.54, 1.807) is 4.90 Å². The number of anilines is 1. The van der Waals surface area contributed by atoms with Crippen molar-refractivity contribution in [3.8, 4) is 5.75 Å². The van der Waals surface area contributed by atoms with Gasteiger partial charge < -0.3 is 15.0 Å². The second-order valence-corrected chi connectivity index (χ2v) is 9.52. The van der Waals surface area contributed by atoms with Crippen LogP contribution in [0.15, 0.2) is 47.6 Å². The largest absolute Gasteiger partial charge is 0.493 e. The number of carbonyl (C=O) groups is 3. The Kier molecular flexibility index (Phi) is 6.65. The van der Waals surface area contributed by atoms with Crippen LogP contribution < -0.4 is 15.0 Å². The monoisotopic (exact) mass is 480 g/mol. The van der Waals surface area contributed by atoms with Crippen molar-refractivity contribution in [3.05, 3.63) is 59.2 Å². The van der Waals surface area contributed by atoms with Crippen LogP contribution in [0.3, 0.4) is 0 Å². The number of rotatable bonds is 6. The third kappa shape index (κ3) is 4.04. The summed E-state index contributed by atoms with van der Waals surface area (Å²) in [5.41, 5.74) is 3.20. The lowest BCUT2D eigenvalue weighted by atomic mass is 10.0. The van der Waals surface area contributed by atoms with Gasteiger partial charge in [0.2, 0.25) is 16.7 Å². The summed E-state index contributed by atoms with van der Waals surface area (Å²) >= 11 is 1.08. The molecule has 0 fully saturated rings. The van der Waals surface area contributed by atoms with E-state index in [1.165, 1.54) is 18.9 Å². The Bertz CT molecular complexity index is 1180. The molecule has 2 aromatic rings. The number of amidine groups is 1. The highest BCUT2D eigenvalue weighted by Crippen LogP contribution is 2.55. The van der Waals surface area contributed by atoms with Crippen molar-refractivity contribution in [1.82, 2.24) is 10.3 Å². The summed E-state index contributed by atoms with van der Waals surface area (Å²) in [6, 6.07) is 13.3. The van der Waals surface area contributed by atoms with Gasteiger partial charge in [0, 0.05) is 25.0 Å². The fourth-order valence-electron chi connectivity index (χ4n) is 4.27. The number of benzene rings is 2. The van der Waals surface area contributed by atoms with Gasteiger partial charge in [0.05, 0.1) is 18.8 Å². The lowest BCUT2D eigenvalue weighted by molar-refractivity contribution is -0.139. The number of nitrogens with zero attached hydrogens (tertiary/aromatic N) is 3. The number of unbranched alkanes of at least 4 members (excludes halogenated alkanes) is 1. The lowest BCUT2D eigenvalue weighted by Gasteiger charge is -2.29. The van der Waals surface area contributed by atoms with Crippen LogP contribution in [-0.4, -0.2) is 34.5 Å². The highest BCUT2D eigenvalue weighted by atomic mass is 32.2. The SMILES string of the molecule is CCCCOc1ccccc1CN1C(=O)[C@]2(SC(NC(C)=O)=NN2C(C)=O)c2cccc(C)c21. The summed E-state index contributed by atoms with van der Waals surface area (Å²) in [5.74, 6) is -0.266. The minimum Gasteiger partial charge on any atom is -0.493 e. The van der Waals surface area contributed by atoms with Crippen molar-refractivity contribution in [1.29, 1.82) is 0 Å². The van der Waals surface area contributed by atoms with E-state index in [-0.39, 0.29) is 29.4 Å². The average Bonchev–Trinajstić information content (AvgIpc) is 3.28. The Morgan fingerprint density at radius 2 is 1.91 bits per heavy atom. The normalized spacial score (nSPS) is 18.8. The molecule has 0 saturated carbocycles. The summed E-state index contributed by atoms with van der Waals surface area (Å²) in [7, 11) is 0. The molecule has 178 valence electrons. The zero-order chi connectivity index (χ0) is 24.5.